The Morgan fingerprint density at radius 2 is 1.78 bits per heavy atom. The second-order valence-corrected chi connectivity index (χ2v) is 8.03. The van der Waals surface area contributed by atoms with Gasteiger partial charge in [0.05, 0.1) is 17.9 Å². The van der Waals surface area contributed by atoms with Gasteiger partial charge in [-0.05, 0) is 55.2 Å². The summed E-state index contributed by atoms with van der Waals surface area (Å²) in [5.74, 6) is 0.977. The molecule has 3 aromatic rings. The van der Waals surface area contributed by atoms with Gasteiger partial charge >= 0.3 is 0 Å². The molecular formula is C25H25N3O4. The maximum absolute atomic E-state index is 12.5. The number of carbonyl (C=O) groups excluding carboxylic acids is 2. The molecule has 164 valence electrons. The molecule has 0 saturated heterocycles. The summed E-state index contributed by atoms with van der Waals surface area (Å²) in [6.45, 7) is 1.35. The predicted octanol–water partition coefficient (Wildman–Crippen LogP) is 3.41. The first-order valence-corrected chi connectivity index (χ1v) is 11.0. The Morgan fingerprint density at radius 1 is 0.969 bits per heavy atom. The van der Waals surface area contributed by atoms with Crippen molar-refractivity contribution in [1.29, 1.82) is 0 Å². The summed E-state index contributed by atoms with van der Waals surface area (Å²) in [4.78, 5) is 24.9. The smallest absolute Gasteiger partial charge is 0.220 e. The van der Waals surface area contributed by atoms with Crippen LogP contribution in [0.3, 0.4) is 0 Å². The van der Waals surface area contributed by atoms with Gasteiger partial charge in [0.15, 0.2) is 17.3 Å². The van der Waals surface area contributed by atoms with Crippen molar-refractivity contribution in [2.45, 2.75) is 38.6 Å². The van der Waals surface area contributed by atoms with E-state index in [1.165, 1.54) is 11.3 Å². The number of carbonyl (C=O) groups is 2. The zero-order valence-corrected chi connectivity index (χ0v) is 17.8. The lowest BCUT2D eigenvalue weighted by Crippen LogP contribution is -2.24. The van der Waals surface area contributed by atoms with E-state index >= 15 is 0 Å². The number of benzene rings is 2. The Morgan fingerprint density at radius 3 is 2.62 bits per heavy atom. The SMILES string of the molecule is O=C(CCC(=O)c1ccc2c(c1)OCCO2)NCc1nn(-c2ccccc2)c2c1CCC2. The van der Waals surface area contributed by atoms with Crippen LogP contribution in [0.5, 0.6) is 11.5 Å². The number of rotatable bonds is 7. The van der Waals surface area contributed by atoms with Crippen LogP contribution in [0, 0.1) is 0 Å². The summed E-state index contributed by atoms with van der Waals surface area (Å²) in [7, 11) is 0. The number of nitrogens with zero attached hydrogens (tertiary/aromatic N) is 2. The Balaban J connectivity index is 1.18. The molecule has 0 spiro atoms. The molecule has 32 heavy (non-hydrogen) atoms. The third-order valence-corrected chi connectivity index (χ3v) is 5.91. The maximum atomic E-state index is 12.5. The van der Waals surface area contributed by atoms with Crippen LogP contribution >= 0.6 is 0 Å². The number of hydrogen-bond donors (Lipinski definition) is 1. The van der Waals surface area contributed by atoms with Crippen LogP contribution in [0.4, 0.5) is 0 Å². The molecule has 2 heterocycles. The second kappa shape index (κ2) is 8.86. The Kier molecular flexibility index (Phi) is 5.62. The van der Waals surface area contributed by atoms with Gasteiger partial charge in [-0.3, -0.25) is 9.59 Å². The van der Waals surface area contributed by atoms with Crippen LogP contribution in [0.1, 0.15) is 46.6 Å². The minimum atomic E-state index is -0.156. The summed E-state index contributed by atoms with van der Waals surface area (Å²) >= 11 is 0. The van der Waals surface area contributed by atoms with Gasteiger partial charge in [-0.25, -0.2) is 4.68 Å². The molecule has 2 aliphatic rings. The number of amides is 1. The van der Waals surface area contributed by atoms with E-state index in [2.05, 4.69) is 5.32 Å². The lowest BCUT2D eigenvalue weighted by Gasteiger charge is -2.18. The zero-order valence-electron chi connectivity index (χ0n) is 17.8. The molecule has 0 unspecified atom stereocenters. The molecule has 1 N–H and O–H groups in total. The van der Waals surface area contributed by atoms with E-state index in [0.717, 1.165) is 30.6 Å². The minimum absolute atomic E-state index is 0.0913. The van der Waals surface area contributed by atoms with Gasteiger partial charge in [0.1, 0.15) is 13.2 Å². The van der Waals surface area contributed by atoms with E-state index in [-0.39, 0.29) is 24.5 Å². The molecule has 1 aliphatic carbocycles. The van der Waals surface area contributed by atoms with Crippen LogP contribution in [0.2, 0.25) is 0 Å². The number of Topliss-reactive ketones (excluding diaryl/α,β-unsaturated/α-hetero) is 1. The van der Waals surface area contributed by atoms with Crippen LogP contribution in [0.15, 0.2) is 48.5 Å². The standard InChI is InChI=1S/C25H25N3O4/c29-22(17-9-11-23-24(15-17)32-14-13-31-23)10-12-25(30)26-16-20-19-7-4-8-21(19)28(27-20)18-5-2-1-3-6-18/h1-3,5-6,9,11,15H,4,7-8,10,12-14,16H2,(H,26,30). The first-order chi connectivity index (χ1) is 15.7. The first kappa shape index (κ1) is 20.3. The van der Waals surface area contributed by atoms with Crippen molar-refractivity contribution in [1.82, 2.24) is 15.1 Å². The highest BCUT2D eigenvalue weighted by atomic mass is 16.6. The number of fused-ring (bicyclic) bond motifs is 2. The predicted molar refractivity (Wildman–Crippen MR) is 118 cm³/mol. The van der Waals surface area contributed by atoms with Gasteiger partial charge < -0.3 is 14.8 Å². The first-order valence-electron chi connectivity index (χ1n) is 11.0. The van der Waals surface area contributed by atoms with Gasteiger partial charge in [-0.1, -0.05) is 18.2 Å². The highest BCUT2D eigenvalue weighted by Crippen LogP contribution is 2.31. The number of nitrogens with one attached hydrogen (secondary N) is 1. The average molecular weight is 431 g/mol. The number of aromatic nitrogens is 2. The summed E-state index contributed by atoms with van der Waals surface area (Å²) < 4.78 is 13.0. The summed E-state index contributed by atoms with van der Waals surface area (Å²) in [5, 5.41) is 7.71. The quantitative estimate of drug-likeness (QED) is 0.580. The average Bonchev–Trinajstić information content (AvgIpc) is 3.45. The van der Waals surface area contributed by atoms with E-state index in [0.29, 0.717) is 36.8 Å². The van der Waals surface area contributed by atoms with Gasteiger partial charge in [0, 0.05) is 24.1 Å². The molecule has 7 heteroatoms. The highest BCUT2D eigenvalue weighted by molar-refractivity contribution is 5.98. The van der Waals surface area contributed by atoms with Crippen molar-refractivity contribution in [2.24, 2.45) is 0 Å². The number of ketones is 1. The summed E-state index contributed by atoms with van der Waals surface area (Å²) in [6.07, 6.45) is 3.35. The topological polar surface area (TPSA) is 82.5 Å². The van der Waals surface area contributed by atoms with E-state index in [9.17, 15) is 9.59 Å². The molecule has 0 fully saturated rings. The lowest BCUT2D eigenvalue weighted by atomic mass is 10.1. The van der Waals surface area contributed by atoms with E-state index in [4.69, 9.17) is 14.6 Å². The van der Waals surface area contributed by atoms with Gasteiger partial charge in [0.2, 0.25) is 5.91 Å². The zero-order chi connectivity index (χ0) is 21.9. The highest BCUT2D eigenvalue weighted by Gasteiger charge is 2.23. The largest absolute Gasteiger partial charge is 0.486 e. The fourth-order valence-corrected chi connectivity index (χ4v) is 4.30. The summed E-state index contributed by atoms with van der Waals surface area (Å²) in [5.41, 5.74) is 4.94. The molecule has 7 nitrogen and oxygen atoms in total. The normalized spacial score (nSPS) is 14.1. The Labute approximate surface area is 186 Å². The number of para-hydroxylation sites is 1. The molecular weight excluding hydrogens is 406 g/mol. The fraction of sp³-hybridized carbons (Fsp3) is 0.320. The molecule has 1 aromatic heterocycles. The van der Waals surface area contributed by atoms with Crippen molar-refractivity contribution in [2.75, 3.05) is 13.2 Å². The maximum Gasteiger partial charge on any atom is 0.220 e. The molecule has 0 atom stereocenters. The van der Waals surface area contributed by atoms with Crippen molar-refractivity contribution in [3.05, 3.63) is 71.0 Å². The van der Waals surface area contributed by atoms with Crippen LogP contribution in [0.25, 0.3) is 5.69 Å². The lowest BCUT2D eigenvalue weighted by molar-refractivity contribution is -0.121. The molecule has 5 rings (SSSR count). The van der Waals surface area contributed by atoms with E-state index < -0.39 is 0 Å². The Hall–Kier alpha value is -3.61. The van der Waals surface area contributed by atoms with Crippen LogP contribution in [-0.4, -0.2) is 34.7 Å². The number of ether oxygens (including phenoxy) is 2. The molecule has 0 radical (unpaired) electrons. The third kappa shape index (κ3) is 4.10. The molecule has 1 aliphatic heterocycles. The third-order valence-electron chi connectivity index (χ3n) is 5.91. The van der Waals surface area contributed by atoms with Gasteiger partial charge in [-0.2, -0.15) is 5.10 Å². The van der Waals surface area contributed by atoms with Crippen molar-refractivity contribution in [3.8, 4) is 17.2 Å². The van der Waals surface area contributed by atoms with Crippen molar-refractivity contribution < 1.29 is 19.1 Å². The van der Waals surface area contributed by atoms with E-state index in [1.54, 1.807) is 18.2 Å². The number of hydrogen-bond acceptors (Lipinski definition) is 5. The molecule has 2 aromatic carbocycles. The minimum Gasteiger partial charge on any atom is -0.486 e. The molecule has 1 amide bonds. The van der Waals surface area contributed by atoms with Crippen LogP contribution < -0.4 is 14.8 Å². The van der Waals surface area contributed by atoms with Crippen molar-refractivity contribution >= 4 is 11.7 Å². The monoisotopic (exact) mass is 431 g/mol. The van der Waals surface area contributed by atoms with Crippen LogP contribution in [-0.2, 0) is 24.2 Å². The Bertz CT molecular complexity index is 1150. The van der Waals surface area contributed by atoms with Gasteiger partial charge in [0.25, 0.3) is 0 Å². The second-order valence-electron chi connectivity index (χ2n) is 8.03. The van der Waals surface area contributed by atoms with Crippen molar-refractivity contribution in [3.63, 3.8) is 0 Å². The van der Waals surface area contributed by atoms with E-state index in [1.807, 2.05) is 35.0 Å². The van der Waals surface area contributed by atoms with Gasteiger partial charge in [-0.15, -0.1) is 0 Å². The fourth-order valence-electron chi connectivity index (χ4n) is 4.30. The molecule has 0 bridgehead atoms. The summed E-state index contributed by atoms with van der Waals surface area (Å²) in [6, 6.07) is 15.2. The molecule has 0 saturated carbocycles.